The van der Waals surface area contributed by atoms with Gasteiger partial charge in [0.15, 0.2) is 0 Å². The van der Waals surface area contributed by atoms with Crippen molar-refractivity contribution >= 4 is 12.2 Å². The molecule has 1 aliphatic carbocycles. The van der Waals surface area contributed by atoms with Crippen LogP contribution in [0.25, 0.3) is 0 Å². The Kier molecular flexibility index (Phi) is 4.43. The van der Waals surface area contributed by atoms with Gasteiger partial charge in [-0.3, -0.25) is 5.32 Å². The van der Waals surface area contributed by atoms with Crippen molar-refractivity contribution in [1.29, 1.82) is 0 Å². The lowest BCUT2D eigenvalue weighted by molar-refractivity contribution is -0.563. The van der Waals surface area contributed by atoms with Crippen molar-refractivity contribution in [1.82, 2.24) is 0 Å². The first kappa shape index (κ1) is 11.9. The van der Waals surface area contributed by atoms with Gasteiger partial charge in [0, 0.05) is 0 Å². The molecule has 0 saturated carbocycles. The fraction of sp³-hybridized carbons (Fsp3) is 0.500. The van der Waals surface area contributed by atoms with Gasteiger partial charge >= 0.3 is 5.91 Å². The second-order valence-electron chi connectivity index (χ2n) is 4.01. The van der Waals surface area contributed by atoms with Gasteiger partial charge in [-0.15, -0.1) is 0 Å². The number of aldehydes is 1. The van der Waals surface area contributed by atoms with Crippen molar-refractivity contribution < 1.29 is 14.9 Å². The number of primary amides is 1. The largest absolute Gasteiger partial charge is 0.342 e. The maximum Gasteiger partial charge on any atom is 0.342 e. The molecule has 0 bridgehead atoms. The molecule has 1 rings (SSSR count). The van der Waals surface area contributed by atoms with Gasteiger partial charge in [-0.1, -0.05) is 26.0 Å². The molecule has 1 amide bonds. The average Bonchev–Trinajstić information content (AvgIpc) is 2.22. The maximum absolute atomic E-state index is 11.6. The Morgan fingerprint density at radius 3 is 2.80 bits per heavy atom. The monoisotopic (exact) mass is 208 g/mol. The standard InChI is InChI=1S/C12H17NO2/c1-9-4-5-11(8-10(9)2)12(15)13-6-3-7-14/h4-5,7-10H,3,6H2,1-2H3,(H,13,15)/p+1. The number of carbonyl (C=O) groups is 2. The van der Waals surface area contributed by atoms with E-state index in [-0.39, 0.29) is 5.91 Å². The Labute approximate surface area is 90.2 Å². The molecule has 3 heteroatoms. The van der Waals surface area contributed by atoms with Crippen LogP contribution >= 0.6 is 0 Å². The lowest BCUT2D eigenvalue weighted by Crippen LogP contribution is -2.88. The van der Waals surface area contributed by atoms with E-state index >= 15 is 0 Å². The molecule has 2 atom stereocenters. The van der Waals surface area contributed by atoms with E-state index in [0.717, 1.165) is 11.9 Å². The molecule has 15 heavy (non-hydrogen) atoms. The van der Waals surface area contributed by atoms with Crippen molar-refractivity contribution in [3.63, 3.8) is 0 Å². The molecular formula is C12H18NO2+. The first-order valence-corrected chi connectivity index (χ1v) is 5.36. The second kappa shape index (κ2) is 5.61. The van der Waals surface area contributed by atoms with Gasteiger partial charge < -0.3 is 4.79 Å². The average molecular weight is 208 g/mol. The van der Waals surface area contributed by atoms with Crippen molar-refractivity contribution in [2.45, 2.75) is 20.3 Å². The van der Waals surface area contributed by atoms with Crippen LogP contribution in [0.15, 0.2) is 23.8 Å². The zero-order valence-corrected chi connectivity index (χ0v) is 9.27. The van der Waals surface area contributed by atoms with E-state index in [0.29, 0.717) is 24.8 Å². The summed E-state index contributed by atoms with van der Waals surface area (Å²) in [4.78, 5) is 21.7. The third-order valence-corrected chi connectivity index (χ3v) is 2.75. The zero-order chi connectivity index (χ0) is 11.3. The van der Waals surface area contributed by atoms with Crippen molar-refractivity contribution in [3.05, 3.63) is 23.8 Å². The van der Waals surface area contributed by atoms with Crippen LogP contribution in [0.1, 0.15) is 20.3 Å². The molecule has 0 saturated heterocycles. The van der Waals surface area contributed by atoms with Gasteiger partial charge in [-0.05, 0) is 17.9 Å². The summed E-state index contributed by atoms with van der Waals surface area (Å²) in [6.07, 6.45) is 7.20. The number of hydrogen-bond donors (Lipinski definition) is 1. The third-order valence-electron chi connectivity index (χ3n) is 2.75. The SMILES string of the molecule is CC1C=CC(C(=O)[NH2+]CCC=O)=CC1C. The molecule has 82 valence electrons. The molecule has 3 nitrogen and oxygen atoms in total. The fourth-order valence-corrected chi connectivity index (χ4v) is 1.49. The molecule has 1 aliphatic rings. The normalized spacial score (nSPS) is 24.8. The summed E-state index contributed by atoms with van der Waals surface area (Å²) < 4.78 is 0. The summed E-state index contributed by atoms with van der Waals surface area (Å²) in [5.41, 5.74) is 0.756. The van der Waals surface area contributed by atoms with Crippen molar-refractivity contribution in [2.75, 3.05) is 6.54 Å². The van der Waals surface area contributed by atoms with Crippen LogP contribution in [0.5, 0.6) is 0 Å². The first-order valence-electron chi connectivity index (χ1n) is 5.36. The van der Waals surface area contributed by atoms with E-state index in [9.17, 15) is 9.59 Å². The predicted molar refractivity (Wildman–Crippen MR) is 58.0 cm³/mol. The molecule has 0 aliphatic heterocycles. The molecular weight excluding hydrogens is 190 g/mol. The van der Waals surface area contributed by atoms with Gasteiger partial charge in [0.1, 0.15) is 6.29 Å². The van der Waals surface area contributed by atoms with Gasteiger partial charge in [-0.25, -0.2) is 4.79 Å². The fourth-order valence-electron chi connectivity index (χ4n) is 1.49. The summed E-state index contributed by atoms with van der Waals surface area (Å²) >= 11 is 0. The Balaban J connectivity index is 2.50. The highest BCUT2D eigenvalue weighted by atomic mass is 16.1. The summed E-state index contributed by atoms with van der Waals surface area (Å²) in [5.74, 6) is 0.941. The van der Waals surface area contributed by atoms with Crippen LogP contribution < -0.4 is 5.32 Å². The number of nitrogens with two attached hydrogens (primary N) is 1. The highest BCUT2D eigenvalue weighted by Crippen LogP contribution is 2.21. The molecule has 2 N–H and O–H groups in total. The molecule has 0 aromatic heterocycles. The van der Waals surface area contributed by atoms with Crippen molar-refractivity contribution in [2.24, 2.45) is 11.8 Å². The van der Waals surface area contributed by atoms with E-state index in [2.05, 4.69) is 19.9 Å². The quantitative estimate of drug-likeness (QED) is 0.538. The van der Waals surface area contributed by atoms with E-state index < -0.39 is 0 Å². The maximum atomic E-state index is 11.6. The minimum Gasteiger partial charge on any atom is -0.303 e. The van der Waals surface area contributed by atoms with Crippen LogP contribution in [0, 0.1) is 11.8 Å². The van der Waals surface area contributed by atoms with Gasteiger partial charge in [0.2, 0.25) is 0 Å². The van der Waals surface area contributed by atoms with E-state index in [1.165, 1.54) is 0 Å². The van der Waals surface area contributed by atoms with E-state index in [1.54, 1.807) is 5.32 Å². The number of quaternary nitrogens is 1. The Morgan fingerprint density at radius 1 is 1.47 bits per heavy atom. The number of allylic oxidation sites excluding steroid dienone is 2. The molecule has 0 fully saturated rings. The molecule has 0 aromatic rings. The first-order chi connectivity index (χ1) is 7.15. The van der Waals surface area contributed by atoms with Crippen LogP contribution in [0.3, 0.4) is 0 Å². The second-order valence-corrected chi connectivity index (χ2v) is 4.01. The Bertz CT molecular complexity index is 305. The summed E-state index contributed by atoms with van der Waals surface area (Å²) in [7, 11) is 0. The Hall–Kier alpha value is -1.22. The minimum absolute atomic E-state index is 0.0341. The minimum atomic E-state index is 0.0341. The molecule has 2 unspecified atom stereocenters. The zero-order valence-electron chi connectivity index (χ0n) is 9.27. The number of rotatable bonds is 4. The number of hydrogen-bond acceptors (Lipinski definition) is 2. The van der Waals surface area contributed by atoms with Crippen LogP contribution in [0.2, 0.25) is 0 Å². The number of amides is 1. The predicted octanol–water partition coefficient (Wildman–Crippen LogP) is 0.434. The van der Waals surface area contributed by atoms with Crippen LogP contribution in [-0.2, 0) is 9.59 Å². The lowest BCUT2D eigenvalue weighted by Gasteiger charge is -2.17. The van der Waals surface area contributed by atoms with Gasteiger partial charge in [-0.2, -0.15) is 0 Å². The summed E-state index contributed by atoms with van der Waals surface area (Å²) in [6.45, 7) is 4.78. The molecule has 0 spiro atoms. The third kappa shape index (κ3) is 3.44. The topological polar surface area (TPSA) is 50.8 Å². The van der Waals surface area contributed by atoms with Crippen LogP contribution in [-0.4, -0.2) is 18.7 Å². The molecule has 0 heterocycles. The van der Waals surface area contributed by atoms with E-state index in [4.69, 9.17) is 0 Å². The molecule has 0 aromatic carbocycles. The summed E-state index contributed by atoms with van der Waals surface area (Å²) in [5, 5.41) is 1.59. The highest BCUT2D eigenvalue weighted by molar-refractivity contribution is 5.89. The number of carbonyl (C=O) groups excluding carboxylic acids is 2. The van der Waals surface area contributed by atoms with Crippen LogP contribution in [0.4, 0.5) is 0 Å². The Morgan fingerprint density at radius 2 is 2.20 bits per heavy atom. The highest BCUT2D eigenvalue weighted by Gasteiger charge is 2.18. The van der Waals surface area contributed by atoms with Crippen molar-refractivity contribution in [3.8, 4) is 0 Å². The van der Waals surface area contributed by atoms with E-state index in [1.807, 2.05) is 12.2 Å². The molecule has 0 radical (unpaired) electrons. The smallest absolute Gasteiger partial charge is 0.303 e. The van der Waals surface area contributed by atoms with Gasteiger partial charge in [0.25, 0.3) is 0 Å². The lowest BCUT2D eigenvalue weighted by atomic mass is 9.88. The van der Waals surface area contributed by atoms with Gasteiger partial charge in [0.05, 0.1) is 18.5 Å². The summed E-state index contributed by atoms with van der Waals surface area (Å²) in [6, 6.07) is 0.